The number of carbonyl (C=O) groups is 1. The summed E-state index contributed by atoms with van der Waals surface area (Å²) >= 11 is 0. The number of halogens is 3. The molecule has 202 valence electrons. The number of H-pyrrole nitrogens is 1. The van der Waals surface area contributed by atoms with Crippen LogP contribution in [0.25, 0.3) is 22.0 Å². The molecule has 40 heavy (non-hydrogen) atoms. The second-order valence-corrected chi connectivity index (χ2v) is 9.63. The van der Waals surface area contributed by atoms with Crippen molar-refractivity contribution in [2.75, 3.05) is 18.4 Å². The van der Waals surface area contributed by atoms with E-state index in [9.17, 15) is 18.0 Å². The monoisotopic (exact) mass is 544 g/mol. The van der Waals surface area contributed by atoms with E-state index in [2.05, 4.69) is 25.5 Å². The van der Waals surface area contributed by atoms with Crippen LogP contribution in [0.1, 0.15) is 22.5 Å². The van der Waals surface area contributed by atoms with Gasteiger partial charge >= 0.3 is 0 Å². The van der Waals surface area contributed by atoms with Gasteiger partial charge in [-0.15, -0.1) is 0 Å². The summed E-state index contributed by atoms with van der Waals surface area (Å²) in [6.07, 6.45) is 4.69. The fourth-order valence-electron chi connectivity index (χ4n) is 4.63. The lowest BCUT2D eigenvalue weighted by molar-refractivity contribution is 0.0115. The molecule has 0 unspecified atom stereocenters. The Kier molecular flexibility index (Phi) is 6.64. The number of fused-ring (bicyclic) bond motifs is 1. The summed E-state index contributed by atoms with van der Waals surface area (Å²) in [7, 11) is 0. The molecule has 5 aromatic rings. The maximum atomic E-state index is 13.6. The largest absolute Gasteiger partial charge is 0.439 e. The van der Waals surface area contributed by atoms with Crippen LogP contribution < -0.4 is 10.1 Å². The van der Waals surface area contributed by atoms with Crippen molar-refractivity contribution in [3.05, 3.63) is 96.3 Å². The molecule has 1 saturated heterocycles. The van der Waals surface area contributed by atoms with Gasteiger partial charge in [0.2, 0.25) is 5.88 Å². The third-order valence-electron chi connectivity index (χ3n) is 6.59. The molecule has 0 saturated carbocycles. The summed E-state index contributed by atoms with van der Waals surface area (Å²) in [6.45, 7) is 0.478. The highest BCUT2D eigenvalue weighted by Crippen LogP contribution is 2.30. The van der Waals surface area contributed by atoms with E-state index in [0.717, 1.165) is 16.7 Å². The number of ether oxygens (including phenoxy) is 1. The average molecular weight is 545 g/mol. The van der Waals surface area contributed by atoms with Crippen LogP contribution in [0.2, 0.25) is 0 Å². The molecule has 1 aliphatic heterocycles. The number of aromatic amines is 1. The van der Waals surface area contributed by atoms with Gasteiger partial charge in [0.15, 0.2) is 5.69 Å². The second-order valence-electron chi connectivity index (χ2n) is 9.63. The van der Waals surface area contributed by atoms with E-state index in [1.807, 2.05) is 24.3 Å². The minimum absolute atomic E-state index is 0.133. The van der Waals surface area contributed by atoms with Crippen LogP contribution in [0.15, 0.2) is 79.3 Å². The molecule has 0 aliphatic carbocycles. The third kappa shape index (κ3) is 5.64. The fourth-order valence-corrected chi connectivity index (χ4v) is 4.63. The molecule has 0 bridgehead atoms. The van der Waals surface area contributed by atoms with Crippen LogP contribution in [0, 0.1) is 5.82 Å². The van der Waals surface area contributed by atoms with Gasteiger partial charge in [0.05, 0.1) is 23.9 Å². The van der Waals surface area contributed by atoms with Crippen molar-refractivity contribution in [2.45, 2.75) is 18.9 Å². The highest BCUT2D eigenvalue weighted by atomic mass is 19.3. The van der Waals surface area contributed by atoms with Crippen LogP contribution in [0.5, 0.6) is 11.6 Å². The molecular weight excluding hydrogens is 521 g/mol. The number of nitrogens with zero attached hydrogens (tertiary/aromatic N) is 4. The molecule has 1 amide bonds. The molecule has 2 N–H and O–H groups in total. The Morgan fingerprint density at radius 3 is 2.62 bits per heavy atom. The van der Waals surface area contributed by atoms with E-state index in [1.54, 1.807) is 29.4 Å². The van der Waals surface area contributed by atoms with E-state index >= 15 is 0 Å². The molecule has 4 heterocycles. The Bertz CT molecular complexity index is 1670. The number of rotatable bonds is 7. The normalized spacial score (nSPS) is 14.9. The van der Waals surface area contributed by atoms with Gasteiger partial charge in [-0.05, 0) is 59.7 Å². The van der Waals surface area contributed by atoms with Crippen molar-refractivity contribution in [2.24, 2.45) is 0 Å². The van der Waals surface area contributed by atoms with Crippen molar-refractivity contribution in [1.82, 2.24) is 25.1 Å². The number of hydrogen-bond acceptors (Lipinski definition) is 6. The van der Waals surface area contributed by atoms with E-state index in [1.165, 1.54) is 30.5 Å². The first kappa shape index (κ1) is 25.5. The molecule has 6 rings (SSSR count). The topological polar surface area (TPSA) is 96.0 Å². The van der Waals surface area contributed by atoms with Gasteiger partial charge in [-0.2, -0.15) is 5.10 Å². The minimum Gasteiger partial charge on any atom is -0.439 e. The predicted molar refractivity (Wildman–Crippen MR) is 143 cm³/mol. The highest BCUT2D eigenvalue weighted by molar-refractivity contribution is 6.11. The minimum atomic E-state index is -2.65. The van der Waals surface area contributed by atoms with Gasteiger partial charge in [-0.1, -0.05) is 6.07 Å². The fraction of sp³-hybridized carbons (Fsp3) is 0.172. The number of pyridine rings is 2. The SMILES string of the molecule is O=C(Nc1ccc(Oc2ccc(F)cc2)nc1)c1n[nH]c2ccc(-c3cncc(CN4CCC(F)(F)C4)c3)cc12. The first-order chi connectivity index (χ1) is 19.3. The molecule has 11 heteroatoms. The molecule has 3 aromatic heterocycles. The molecule has 0 radical (unpaired) electrons. The number of nitrogens with one attached hydrogen (secondary N) is 2. The lowest BCUT2D eigenvalue weighted by atomic mass is 10.0. The van der Waals surface area contributed by atoms with E-state index in [4.69, 9.17) is 4.74 Å². The third-order valence-corrected chi connectivity index (χ3v) is 6.59. The maximum Gasteiger partial charge on any atom is 0.276 e. The van der Waals surface area contributed by atoms with Gasteiger partial charge < -0.3 is 10.1 Å². The first-order valence-corrected chi connectivity index (χ1v) is 12.5. The Hall–Kier alpha value is -4.77. The molecular formula is C29H23F3N6O2. The number of carbonyl (C=O) groups excluding carboxylic acids is 1. The number of anilines is 1. The van der Waals surface area contributed by atoms with Gasteiger partial charge in [-0.25, -0.2) is 18.2 Å². The van der Waals surface area contributed by atoms with Crippen molar-refractivity contribution in [3.63, 3.8) is 0 Å². The van der Waals surface area contributed by atoms with Gasteiger partial charge in [0, 0.05) is 48.9 Å². The maximum absolute atomic E-state index is 13.6. The zero-order chi connectivity index (χ0) is 27.7. The van der Waals surface area contributed by atoms with E-state index < -0.39 is 11.8 Å². The number of alkyl halides is 2. The molecule has 1 aliphatic rings. The van der Waals surface area contributed by atoms with Crippen LogP contribution in [-0.2, 0) is 6.54 Å². The summed E-state index contributed by atoms with van der Waals surface area (Å²) < 4.78 is 45.8. The molecule has 0 spiro atoms. The molecule has 2 aromatic carbocycles. The number of amides is 1. The van der Waals surface area contributed by atoms with Gasteiger partial charge in [-0.3, -0.25) is 19.8 Å². The first-order valence-electron chi connectivity index (χ1n) is 12.5. The smallest absolute Gasteiger partial charge is 0.276 e. The van der Waals surface area contributed by atoms with Crippen molar-refractivity contribution >= 4 is 22.5 Å². The van der Waals surface area contributed by atoms with Crippen LogP contribution in [-0.4, -0.2) is 50.0 Å². The number of hydrogen-bond donors (Lipinski definition) is 2. The zero-order valence-corrected chi connectivity index (χ0v) is 21.1. The highest BCUT2D eigenvalue weighted by Gasteiger charge is 2.37. The Balaban J connectivity index is 1.17. The van der Waals surface area contributed by atoms with Crippen molar-refractivity contribution in [3.8, 4) is 22.8 Å². The number of benzene rings is 2. The van der Waals surface area contributed by atoms with Gasteiger partial charge in [0.1, 0.15) is 11.6 Å². The standard InChI is InChI=1S/C29H23F3N6O2/c30-21-2-5-23(6-3-21)40-26-8-4-22(15-34-26)35-28(39)27-24-12-19(1-7-25(24)36-37-27)20-11-18(13-33-14-20)16-38-10-9-29(31,32)17-38/h1-8,11-15H,9-10,16-17H2,(H,35,39)(H,36,37). The number of likely N-dealkylation sites (tertiary alicyclic amines) is 1. The van der Waals surface area contributed by atoms with E-state index in [0.29, 0.717) is 35.4 Å². The summed E-state index contributed by atoms with van der Waals surface area (Å²) in [5.41, 5.74) is 3.77. The predicted octanol–water partition coefficient (Wildman–Crippen LogP) is 6.04. The number of aromatic nitrogens is 4. The lowest BCUT2D eigenvalue weighted by Crippen LogP contribution is -2.24. The average Bonchev–Trinajstić information content (AvgIpc) is 3.53. The van der Waals surface area contributed by atoms with Gasteiger partial charge in [0.25, 0.3) is 11.8 Å². The Morgan fingerprint density at radius 1 is 1.02 bits per heavy atom. The van der Waals surface area contributed by atoms with Crippen LogP contribution in [0.3, 0.4) is 0 Å². The lowest BCUT2D eigenvalue weighted by Gasteiger charge is -2.15. The van der Waals surface area contributed by atoms with E-state index in [-0.39, 0.29) is 30.4 Å². The second kappa shape index (κ2) is 10.4. The van der Waals surface area contributed by atoms with Crippen molar-refractivity contribution < 1.29 is 22.7 Å². The molecule has 1 fully saturated rings. The van der Waals surface area contributed by atoms with Crippen LogP contribution >= 0.6 is 0 Å². The Labute approximate surface area is 226 Å². The summed E-state index contributed by atoms with van der Waals surface area (Å²) in [4.78, 5) is 23.3. The Morgan fingerprint density at radius 2 is 1.88 bits per heavy atom. The summed E-state index contributed by atoms with van der Waals surface area (Å²) in [5.74, 6) is -2.73. The van der Waals surface area contributed by atoms with Crippen molar-refractivity contribution in [1.29, 1.82) is 0 Å². The summed E-state index contributed by atoms with van der Waals surface area (Å²) in [5, 5.41) is 10.5. The molecule has 0 atom stereocenters. The quantitative estimate of drug-likeness (QED) is 0.259. The summed E-state index contributed by atoms with van der Waals surface area (Å²) in [6, 6.07) is 16.3. The zero-order valence-electron chi connectivity index (χ0n) is 21.1. The van der Waals surface area contributed by atoms with Crippen LogP contribution in [0.4, 0.5) is 18.9 Å². The molecule has 8 nitrogen and oxygen atoms in total.